The van der Waals surface area contributed by atoms with Crippen LogP contribution in [0.15, 0.2) is 30.5 Å². The van der Waals surface area contributed by atoms with Crippen LogP contribution in [-0.4, -0.2) is 30.4 Å². The second-order valence-electron chi connectivity index (χ2n) is 3.40. The van der Waals surface area contributed by atoms with E-state index in [0.29, 0.717) is 6.54 Å². The molecule has 1 aromatic carbocycles. The summed E-state index contributed by atoms with van der Waals surface area (Å²) in [5.41, 5.74) is 0. The number of aliphatic hydroxyl groups is 1. The van der Waals surface area contributed by atoms with Gasteiger partial charge in [0.15, 0.2) is 0 Å². The second kappa shape index (κ2) is 4.81. The fourth-order valence-corrected chi connectivity index (χ4v) is 1.59. The predicted molar refractivity (Wildman–Crippen MR) is 63.9 cm³/mol. The van der Waals surface area contributed by atoms with E-state index >= 15 is 0 Å². The normalized spacial score (nSPS) is 10.4. The molecule has 0 saturated heterocycles. The molecule has 0 fully saturated rings. The Hall–Kier alpha value is -1.81. The number of nitrogens with zero attached hydrogens (tertiary/aromatic N) is 1. The zero-order valence-electron chi connectivity index (χ0n) is 9.10. The lowest BCUT2D eigenvalue weighted by Gasteiger charge is -2.08. The molecule has 1 aromatic heterocycles. The van der Waals surface area contributed by atoms with Crippen LogP contribution in [0.2, 0.25) is 0 Å². The van der Waals surface area contributed by atoms with Crippen molar-refractivity contribution in [2.24, 2.45) is 0 Å². The van der Waals surface area contributed by atoms with Crippen molar-refractivity contribution in [2.75, 3.05) is 25.6 Å². The van der Waals surface area contributed by atoms with Gasteiger partial charge in [0.25, 0.3) is 0 Å². The molecule has 2 rings (SSSR count). The van der Waals surface area contributed by atoms with Gasteiger partial charge in [-0.3, -0.25) is 0 Å². The number of rotatable bonds is 4. The number of hydrogen-bond acceptors (Lipinski definition) is 4. The van der Waals surface area contributed by atoms with Gasteiger partial charge in [0, 0.05) is 18.1 Å². The number of aliphatic hydroxyl groups excluding tert-OH is 1. The third kappa shape index (κ3) is 2.06. The van der Waals surface area contributed by atoms with Gasteiger partial charge >= 0.3 is 0 Å². The second-order valence-corrected chi connectivity index (χ2v) is 3.40. The highest BCUT2D eigenvalue weighted by molar-refractivity contribution is 5.92. The largest absolute Gasteiger partial charge is 0.497 e. The summed E-state index contributed by atoms with van der Waals surface area (Å²) in [5.74, 6) is 1.57. The smallest absolute Gasteiger partial charge is 0.134 e. The van der Waals surface area contributed by atoms with Crippen molar-refractivity contribution < 1.29 is 9.84 Å². The van der Waals surface area contributed by atoms with Crippen molar-refractivity contribution in [2.45, 2.75) is 0 Å². The Morgan fingerprint density at radius 1 is 1.38 bits per heavy atom. The van der Waals surface area contributed by atoms with Crippen LogP contribution in [0.1, 0.15) is 0 Å². The van der Waals surface area contributed by atoms with E-state index in [1.54, 1.807) is 13.3 Å². The third-order valence-corrected chi connectivity index (χ3v) is 2.38. The Kier molecular flexibility index (Phi) is 3.22. The molecule has 0 aliphatic carbocycles. The Morgan fingerprint density at radius 2 is 2.25 bits per heavy atom. The third-order valence-electron chi connectivity index (χ3n) is 2.38. The Balaban J connectivity index is 2.46. The number of methoxy groups -OCH3 is 1. The minimum absolute atomic E-state index is 0.0854. The minimum Gasteiger partial charge on any atom is -0.497 e. The lowest BCUT2D eigenvalue weighted by Crippen LogP contribution is -2.07. The van der Waals surface area contributed by atoms with E-state index in [1.165, 1.54) is 0 Å². The molecule has 0 radical (unpaired) electrons. The summed E-state index contributed by atoms with van der Waals surface area (Å²) in [5, 5.41) is 13.9. The molecule has 0 unspecified atom stereocenters. The molecular formula is C12H14N2O2. The summed E-state index contributed by atoms with van der Waals surface area (Å²) in [4.78, 5) is 4.24. The van der Waals surface area contributed by atoms with Crippen LogP contribution in [-0.2, 0) is 0 Å². The van der Waals surface area contributed by atoms with Crippen molar-refractivity contribution in [3.63, 3.8) is 0 Å². The molecule has 1 heterocycles. The SMILES string of the molecule is COc1ccc2ccnc(NCCO)c2c1. The van der Waals surface area contributed by atoms with Crippen molar-refractivity contribution in [3.8, 4) is 5.75 Å². The highest BCUT2D eigenvalue weighted by Crippen LogP contribution is 2.25. The average molecular weight is 218 g/mol. The summed E-state index contributed by atoms with van der Waals surface area (Å²) in [7, 11) is 1.64. The van der Waals surface area contributed by atoms with Gasteiger partial charge in [-0.2, -0.15) is 0 Å². The Morgan fingerprint density at radius 3 is 3.00 bits per heavy atom. The zero-order chi connectivity index (χ0) is 11.4. The van der Waals surface area contributed by atoms with E-state index in [-0.39, 0.29) is 6.61 Å². The maximum atomic E-state index is 8.79. The summed E-state index contributed by atoms with van der Waals surface area (Å²) in [6.45, 7) is 0.575. The predicted octanol–water partition coefficient (Wildman–Crippen LogP) is 1.65. The molecule has 4 nitrogen and oxygen atoms in total. The topological polar surface area (TPSA) is 54.4 Å². The molecule has 0 aliphatic rings. The molecule has 2 N–H and O–H groups in total. The first-order chi connectivity index (χ1) is 7.85. The molecule has 0 bridgehead atoms. The van der Waals surface area contributed by atoms with Gasteiger partial charge in [-0.1, -0.05) is 6.07 Å². The van der Waals surface area contributed by atoms with E-state index in [4.69, 9.17) is 9.84 Å². The molecule has 0 saturated carbocycles. The van der Waals surface area contributed by atoms with Gasteiger partial charge in [-0.15, -0.1) is 0 Å². The number of fused-ring (bicyclic) bond motifs is 1. The lowest BCUT2D eigenvalue weighted by molar-refractivity contribution is 0.311. The van der Waals surface area contributed by atoms with E-state index in [9.17, 15) is 0 Å². The van der Waals surface area contributed by atoms with Crippen LogP contribution in [0.5, 0.6) is 5.75 Å². The zero-order valence-corrected chi connectivity index (χ0v) is 9.10. The summed E-state index contributed by atoms with van der Waals surface area (Å²) >= 11 is 0. The van der Waals surface area contributed by atoms with Crippen LogP contribution in [0.3, 0.4) is 0 Å². The van der Waals surface area contributed by atoms with Crippen LogP contribution >= 0.6 is 0 Å². The maximum absolute atomic E-state index is 8.79. The van der Waals surface area contributed by atoms with Crippen molar-refractivity contribution in [3.05, 3.63) is 30.5 Å². The van der Waals surface area contributed by atoms with Crippen molar-refractivity contribution >= 4 is 16.6 Å². The van der Waals surface area contributed by atoms with E-state index < -0.39 is 0 Å². The molecule has 0 atom stereocenters. The number of nitrogens with one attached hydrogen (secondary N) is 1. The van der Waals surface area contributed by atoms with Crippen molar-refractivity contribution in [1.29, 1.82) is 0 Å². The lowest BCUT2D eigenvalue weighted by atomic mass is 10.1. The Bertz CT molecular complexity index is 485. The highest BCUT2D eigenvalue weighted by atomic mass is 16.5. The van der Waals surface area contributed by atoms with Crippen LogP contribution < -0.4 is 10.1 Å². The monoisotopic (exact) mass is 218 g/mol. The van der Waals surface area contributed by atoms with Gasteiger partial charge in [0.05, 0.1) is 13.7 Å². The average Bonchev–Trinajstić information content (AvgIpc) is 2.35. The fraction of sp³-hybridized carbons (Fsp3) is 0.250. The first-order valence-corrected chi connectivity index (χ1v) is 5.12. The molecule has 16 heavy (non-hydrogen) atoms. The van der Waals surface area contributed by atoms with Gasteiger partial charge in [0.2, 0.25) is 0 Å². The molecule has 2 aromatic rings. The molecule has 4 heteroatoms. The number of aromatic nitrogens is 1. The van der Waals surface area contributed by atoms with Gasteiger partial charge in [-0.25, -0.2) is 4.98 Å². The standard InChI is InChI=1S/C12H14N2O2/c1-16-10-3-2-9-4-5-13-12(11(9)8-10)14-6-7-15/h2-5,8,15H,6-7H2,1H3,(H,13,14). The summed E-state index contributed by atoms with van der Waals surface area (Å²) < 4.78 is 5.18. The van der Waals surface area contributed by atoms with E-state index in [0.717, 1.165) is 22.3 Å². The fourth-order valence-electron chi connectivity index (χ4n) is 1.59. The van der Waals surface area contributed by atoms with Crippen LogP contribution in [0, 0.1) is 0 Å². The Labute approximate surface area is 93.9 Å². The quantitative estimate of drug-likeness (QED) is 0.819. The minimum atomic E-state index is 0.0854. The van der Waals surface area contributed by atoms with Gasteiger partial charge < -0.3 is 15.2 Å². The molecule has 0 amide bonds. The summed E-state index contributed by atoms with van der Waals surface area (Å²) in [6, 6.07) is 7.78. The molecule has 84 valence electrons. The first-order valence-electron chi connectivity index (χ1n) is 5.12. The molecule has 0 spiro atoms. The van der Waals surface area contributed by atoms with Gasteiger partial charge in [0.1, 0.15) is 11.6 Å². The van der Waals surface area contributed by atoms with Gasteiger partial charge in [-0.05, 0) is 23.6 Å². The number of hydrogen-bond donors (Lipinski definition) is 2. The highest BCUT2D eigenvalue weighted by Gasteiger charge is 2.02. The molecular weight excluding hydrogens is 204 g/mol. The van der Waals surface area contributed by atoms with E-state index in [2.05, 4.69) is 10.3 Å². The number of pyridine rings is 1. The summed E-state index contributed by atoms with van der Waals surface area (Å²) in [6.07, 6.45) is 1.74. The first kappa shape index (κ1) is 10.7. The van der Waals surface area contributed by atoms with E-state index in [1.807, 2.05) is 24.3 Å². The number of benzene rings is 1. The number of anilines is 1. The number of ether oxygens (including phenoxy) is 1. The van der Waals surface area contributed by atoms with Crippen molar-refractivity contribution in [1.82, 2.24) is 4.98 Å². The maximum Gasteiger partial charge on any atom is 0.134 e. The van der Waals surface area contributed by atoms with Crippen LogP contribution in [0.4, 0.5) is 5.82 Å². The van der Waals surface area contributed by atoms with Crippen LogP contribution in [0.25, 0.3) is 10.8 Å². The molecule has 0 aliphatic heterocycles.